The van der Waals surface area contributed by atoms with Gasteiger partial charge in [-0.3, -0.25) is 9.59 Å². The predicted octanol–water partition coefficient (Wildman–Crippen LogP) is 3.95. The Balaban J connectivity index is 1.76. The fourth-order valence-electron chi connectivity index (χ4n) is 3.25. The largest absolute Gasteiger partial charge is 0.481 e. The number of nitrogens with one attached hydrogen (secondary N) is 1. The monoisotopic (exact) mass is 344 g/mol. The molecule has 1 heterocycles. The van der Waals surface area contributed by atoms with Gasteiger partial charge >= 0.3 is 5.97 Å². The Morgan fingerprint density at radius 1 is 1.17 bits per heavy atom. The normalized spacial score (nSPS) is 20.5. The number of carbonyl (C=O) groups is 2. The second-order valence-electron chi connectivity index (χ2n) is 6.11. The number of nitrogens with zero attached hydrogens (tertiary/aromatic N) is 1. The highest BCUT2D eigenvalue weighted by Gasteiger charge is 2.36. The lowest BCUT2D eigenvalue weighted by atomic mass is 9.79. The quantitative estimate of drug-likeness (QED) is 0.880. The van der Waals surface area contributed by atoms with Gasteiger partial charge in [0, 0.05) is 10.4 Å². The molecular formula is C18H20N2O3S. The van der Waals surface area contributed by atoms with Crippen LogP contribution in [0.4, 0.5) is 5.13 Å². The molecule has 0 aliphatic heterocycles. The van der Waals surface area contributed by atoms with Gasteiger partial charge in [-0.1, -0.05) is 43.2 Å². The molecule has 0 spiro atoms. The van der Waals surface area contributed by atoms with E-state index in [1.165, 1.54) is 11.3 Å². The Kier molecular flexibility index (Phi) is 4.94. The van der Waals surface area contributed by atoms with Gasteiger partial charge in [-0.05, 0) is 19.8 Å². The standard InChI is InChI=1S/C18H20N2O3S/c1-11-15(12-7-3-2-4-8-12)19-18(24-11)20-16(21)13-9-5-6-10-14(13)17(22)23/h2-4,7-8,13-14H,5-6,9-10H2,1H3,(H,22,23)(H,19,20,21). The Bertz CT molecular complexity index is 742. The highest BCUT2D eigenvalue weighted by atomic mass is 32.1. The first-order valence-electron chi connectivity index (χ1n) is 8.13. The molecule has 3 rings (SSSR count). The topological polar surface area (TPSA) is 79.3 Å². The number of carboxylic acid groups (broad SMARTS) is 1. The third-order valence-corrected chi connectivity index (χ3v) is 5.38. The molecule has 1 aromatic heterocycles. The van der Waals surface area contributed by atoms with Gasteiger partial charge in [0.05, 0.1) is 17.5 Å². The van der Waals surface area contributed by atoms with E-state index in [2.05, 4.69) is 10.3 Å². The number of aryl methyl sites for hydroxylation is 1. The number of hydrogen-bond donors (Lipinski definition) is 2. The number of amides is 1. The number of aromatic nitrogens is 1. The summed E-state index contributed by atoms with van der Waals surface area (Å²) in [5.74, 6) is -2.17. The maximum Gasteiger partial charge on any atom is 0.307 e. The first-order valence-corrected chi connectivity index (χ1v) is 8.94. The van der Waals surface area contributed by atoms with Crippen LogP contribution in [0.5, 0.6) is 0 Å². The van der Waals surface area contributed by atoms with Gasteiger partial charge < -0.3 is 10.4 Å². The fourth-order valence-corrected chi connectivity index (χ4v) is 4.09. The summed E-state index contributed by atoms with van der Waals surface area (Å²) in [6, 6.07) is 9.81. The van der Waals surface area contributed by atoms with Crippen LogP contribution in [0, 0.1) is 18.8 Å². The van der Waals surface area contributed by atoms with Crippen LogP contribution in [0.25, 0.3) is 11.3 Å². The van der Waals surface area contributed by atoms with Gasteiger partial charge in [0.2, 0.25) is 5.91 Å². The number of aliphatic carboxylic acids is 1. The van der Waals surface area contributed by atoms with E-state index in [1.807, 2.05) is 37.3 Å². The van der Waals surface area contributed by atoms with Gasteiger partial charge in [-0.2, -0.15) is 0 Å². The molecule has 1 fully saturated rings. The Labute approximate surface area is 144 Å². The van der Waals surface area contributed by atoms with Crippen LogP contribution in [0.2, 0.25) is 0 Å². The van der Waals surface area contributed by atoms with Crippen molar-refractivity contribution in [1.82, 2.24) is 4.98 Å². The zero-order valence-electron chi connectivity index (χ0n) is 13.5. The molecular weight excluding hydrogens is 324 g/mol. The summed E-state index contributed by atoms with van der Waals surface area (Å²) in [5.41, 5.74) is 1.86. The van der Waals surface area contributed by atoms with Crippen LogP contribution in [0.3, 0.4) is 0 Å². The maximum absolute atomic E-state index is 12.5. The first kappa shape index (κ1) is 16.6. The number of hydrogen-bond acceptors (Lipinski definition) is 4. The highest BCUT2D eigenvalue weighted by molar-refractivity contribution is 7.16. The molecule has 6 heteroatoms. The van der Waals surface area contributed by atoms with Crippen molar-refractivity contribution in [3.63, 3.8) is 0 Å². The Morgan fingerprint density at radius 3 is 2.50 bits per heavy atom. The number of carboxylic acids is 1. The average molecular weight is 344 g/mol. The number of anilines is 1. The predicted molar refractivity (Wildman–Crippen MR) is 94.0 cm³/mol. The van der Waals surface area contributed by atoms with E-state index in [4.69, 9.17) is 0 Å². The summed E-state index contributed by atoms with van der Waals surface area (Å²) in [4.78, 5) is 29.5. The zero-order valence-corrected chi connectivity index (χ0v) is 14.3. The molecule has 0 saturated heterocycles. The van der Waals surface area contributed by atoms with Crippen LogP contribution in [-0.2, 0) is 9.59 Å². The number of carbonyl (C=O) groups excluding carboxylic acids is 1. The van der Waals surface area contributed by atoms with Crippen molar-refractivity contribution in [3.8, 4) is 11.3 Å². The van der Waals surface area contributed by atoms with E-state index in [1.54, 1.807) is 0 Å². The van der Waals surface area contributed by atoms with Gasteiger partial charge in [-0.25, -0.2) is 4.98 Å². The van der Waals surface area contributed by atoms with Crippen LogP contribution in [-0.4, -0.2) is 22.0 Å². The van der Waals surface area contributed by atoms with Crippen molar-refractivity contribution in [2.75, 3.05) is 5.32 Å². The molecule has 126 valence electrons. The summed E-state index contributed by atoms with van der Waals surface area (Å²) < 4.78 is 0. The molecule has 2 unspecified atom stereocenters. The highest BCUT2D eigenvalue weighted by Crippen LogP contribution is 2.33. The van der Waals surface area contributed by atoms with Gasteiger partial charge in [-0.15, -0.1) is 11.3 Å². The van der Waals surface area contributed by atoms with E-state index in [-0.39, 0.29) is 5.91 Å². The Hall–Kier alpha value is -2.21. The first-order chi connectivity index (χ1) is 11.6. The van der Waals surface area contributed by atoms with Crippen LogP contribution >= 0.6 is 11.3 Å². The smallest absolute Gasteiger partial charge is 0.307 e. The molecule has 5 nitrogen and oxygen atoms in total. The van der Waals surface area contributed by atoms with Crippen molar-refractivity contribution in [2.45, 2.75) is 32.6 Å². The minimum absolute atomic E-state index is 0.226. The molecule has 1 saturated carbocycles. The summed E-state index contributed by atoms with van der Waals surface area (Å²) in [7, 11) is 0. The van der Waals surface area contributed by atoms with E-state index in [0.29, 0.717) is 18.0 Å². The van der Waals surface area contributed by atoms with E-state index in [9.17, 15) is 14.7 Å². The van der Waals surface area contributed by atoms with E-state index >= 15 is 0 Å². The molecule has 2 N–H and O–H groups in total. The SMILES string of the molecule is Cc1sc(NC(=O)C2CCCCC2C(=O)O)nc1-c1ccccc1. The summed E-state index contributed by atoms with van der Waals surface area (Å²) in [6.45, 7) is 1.97. The molecule has 1 aliphatic carbocycles. The lowest BCUT2D eigenvalue weighted by Crippen LogP contribution is -2.36. The van der Waals surface area contributed by atoms with E-state index in [0.717, 1.165) is 29.0 Å². The van der Waals surface area contributed by atoms with Gasteiger partial charge in [0.25, 0.3) is 0 Å². The molecule has 1 amide bonds. The third-order valence-electron chi connectivity index (χ3n) is 4.49. The van der Waals surface area contributed by atoms with Crippen molar-refractivity contribution in [2.24, 2.45) is 11.8 Å². The third kappa shape index (κ3) is 3.48. The number of rotatable bonds is 4. The molecule has 24 heavy (non-hydrogen) atoms. The van der Waals surface area contributed by atoms with Gasteiger partial charge in [0.15, 0.2) is 5.13 Å². The molecule has 0 bridgehead atoms. The van der Waals surface area contributed by atoms with E-state index < -0.39 is 17.8 Å². The van der Waals surface area contributed by atoms with Crippen molar-refractivity contribution in [1.29, 1.82) is 0 Å². The van der Waals surface area contributed by atoms with Crippen LogP contribution in [0.15, 0.2) is 30.3 Å². The summed E-state index contributed by atoms with van der Waals surface area (Å²) >= 11 is 1.42. The molecule has 1 aliphatic rings. The Morgan fingerprint density at radius 2 is 1.83 bits per heavy atom. The minimum Gasteiger partial charge on any atom is -0.481 e. The van der Waals surface area contributed by atoms with Crippen LogP contribution < -0.4 is 5.32 Å². The van der Waals surface area contributed by atoms with Crippen molar-refractivity contribution >= 4 is 28.3 Å². The summed E-state index contributed by atoms with van der Waals surface area (Å²) in [5, 5.41) is 12.7. The van der Waals surface area contributed by atoms with Crippen LogP contribution in [0.1, 0.15) is 30.6 Å². The fraction of sp³-hybridized carbons (Fsp3) is 0.389. The molecule has 1 aromatic carbocycles. The van der Waals surface area contributed by atoms with Crippen molar-refractivity contribution < 1.29 is 14.7 Å². The van der Waals surface area contributed by atoms with Crippen molar-refractivity contribution in [3.05, 3.63) is 35.2 Å². The lowest BCUT2D eigenvalue weighted by Gasteiger charge is -2.26. The zero-order chi connectivity index (χ0) is 17.1. The number of thiazole rings is 1. The van der Waals surface area contributed by atoms with Gasteiger partial charge in [0.1, 0.15) is 0 Å². The molecule has 2 atom stereocenters. The second kappa shape index (κ2) is 7.13. The average Bonchev–Trinajstić information content (AvgIpc) is 2.96. The molecule has 2 aromatic rings. The number of benzene rings is 1. The minimum atomic E-state index is -0.879. The second-order valence-corrected chi connectivity index (χ2v) is 7.32. The maximum atomic E-state index is 12.5. The molecule has 0 radical (unpaired) electrons. The summed E-state index contributed by atoms with van der Waals surface area (Å²) in [6.07, 6.45) is 2.96. The lowest BCUT2D eigenvalue weighted by molar-refractivity contribution is -0.147.